The number of hydrogen-bond donors (Lipinski definition) is 1. The maximum atomic E-state index is 11.2. The lowest BCUT2D eigenvalue weighted by atomic mass is 10.0. The molecule has 0 unspecified atom stereocenters. The van der Waals surface area contributed by atoms with Crippen molar-refractivity contribution in [3.05, 3.63) is 43.8 Å². The van der Waals surface area contributed by atoms with Crippen molar-refractivity contribution in [2.45, 2.75) is 19.8 Å². The number of nitro groups is 1. The van der Waals surface area contributed by atoms with Gasteiger partial charge in [0, 0.05) is 10.9 Å². The van der Waals surface area contributed by atoms with Crippen molar-refractivity contribution in [2.24, 2.45) is 0 Å². The van der Waals surface area contributed by atoms with Crippen LogP contribution >= 0.6 is 22.9 Å². The van der Waals surface area contributed by atoms with Crippen LogP contribution in [0.5, 0.6) is 0 Å². The monoisotopic (exact) mass is 321 g/mol. The van der Waals surface area contributed by atoms with E-state index in [1.807, 2.05) is 13.0 Å². The summed E-state index contributed by atoms with van der Waals surface area (Å²) in [5, 5.41) is 20.7. The fourth-order valence-corrected chi connectivity index (χ4v) is 3.61. The number of benzene rings is 1. The summed E-state index contributed by atoms with van der Waals surface area (Å²) >= 11 is 7.31. The van der Waals surface area contributed by atoms with E-state index >= 15 is 0 Å². The van der Waals surface area contributed by atoms with Crippen LogP contribution in [-0.4, -0.2) is 4.92 Å². The molecule has 0 saturated carbocycles. The van der Waals surface area contributed by atoms with Crippen LogP contribution in [0.2, 0.25) is 5.02 Å². The highest BCUT2D eigenvalue weighted by molar-refractivity contribution is 7.17. The first-order valence-electron chi connectivity index (χ1n) is 6.25. The smallest absolute Gasteiger partial charge is 0.279 e. The molecule has 0 amide bonds. The van der Waals surface area contributed by atoms with Crippen molar-refractivity contribution in [2.75, 3.05) is 5.73 Å². The predicted molar refractivity (Wildman–Crippen MR) is 84.5 cm³/mol. The molecular formula is C14H12ClN3O2S. The Bertz CT molecular complexity index is 749. The zero-order chi connectivity index (χ0) is 15.6. The van der Waals surface area contributed by atoms with Crippen molar-refractivity contribution in [3.63, 3.8) is 0 Å². The minimum atomic E-state index is -0.473. The number of hydrogen-bond acceptors (Lipinski definition) is 5. The molecule has 108 valence electrons. The summed E-state index contributed by atoms with van der Waals surface area (Å²) in [6, 6.07) is 6.57. The van der Waals surface area contributed by atoms with Gasteiger partial charge >= 0.3 is 0 Å². The average molecular weight is 322 g/mol. The van der Waals surface area contributed by atoms with Gasteiger partial charge in [-0.05, 0) is 18.1 Å². The van der Waals surface area contributed by atoms with Crippen molar-refractivity contribution in [1.29, 1.82) is 5.26 Å². The first-order valence-corrected chi connectivity index (χ1v) is 7.45. The van der Waals surface area contributed by atoms with Crippen LogP contribution in [0.1, 0.15) is 23.8 Å². The third-order valence-electron chi connectivity index (χ3n) is 3.06. The predicted octanol–water partition coefficient (Wildman–Crippen LogP) is 4.38. The second-order valence-electron chi connectivity index (χ2n) is 4.41. The maximum Gasteiger partial charge on any atom is 0.279 e. The van der Waals surface area contributed by atoms with Gasteiger partial charge in [-0.2, -0.15) is 5.26 Å². The molecule has 1 aromatic carbocycles. The van der Waals surface area contributed by atoms with Crippen LogP contribution in [0.15, 0.2) is 18.2 Å². The molecule has 2 aromatic rings. The quantitative estimate of drug-likeness (QED) is 0.667. The van der Waals surface area contributed by atoms with E-state index in [9.17, 15) is 10.1 Å². The summed E-state index contributed by atoms with van der Waals surface area (Å²) in [5.41, 5.74) is 7.41. The zero-order valence-corrected chi connectivity index (χ0v) is 12.8. The molecule has 21 heavy (non-hydrogen) atoms. The summed E-state index contributed by atoms with van der Waals surface area (Å²) in [7, 11) is 0. The van der Waals surface area contributed by atoms with Crippen LogP contribution in [0.4, 0.5) is 11.4 Å². The van der Waals surface area contributed by atoms with E-state index in [0.717, 1.165) is 23.3 Å². The summed E-state index contributed by atoms with van der Waals surface area (Å²) in [5.74, 6) is 0. The van der Waals surface area contributed by atoms with Gasteiger partial charge in [-0.1, -0.05) is 31.0 Å². The van der Waals surface area contributed by atoms with Gasteiger partial charge in [0.1, 0.15) is 10.9 Å². The molecule has 0 saturated heterocycles. The molecule has 0 spiro atoms. The summed E-state index contributed by atoms with van der Waals surface area (Å²) in [4.78, 5) is 11.7. The van der Waals surface area contributed by atoms with Crippen molar-refractivity contribution >= 4 is 34.3 Å². The summed E-state index contributed by atoms with van der Waals surface area (Å²) in [6.07, 6.45) is 1.46. The first-order chi connectivity index (χ1) is 10.0. The van der Waals surface area contributed by atoms with Crippen molar-refractivity contribution in [3.8, 4) is 16.5 Å². The van der Waals surface area contributed by atoms with Gasteiger partial charge in [-0.15, -0.1) is 11.3 Å². The number of thiophene rings is 1. The lowest BCUT2D eigenvalue weighted by Crippen LogP contribution is -1.96. The highest BCUT2D eigenvalue weighted by Crippen LogP contribution is 2.45. The molecule has 2 N–H and O–H groups in total. The number of nitrogen functional groups attached to an aromatic ring is 1. The Labute approximate surface area is 130 Å². The molecule has 5 nitrogen and oxygen atoms in total. The largest absolute Gasteiger partial charge is 0.397 e. The maximum absolute atomic E-state index is 11.2. The third kappa shape index (κ3) is 2.71. The Morgan fingerprint density at radius 3 is 2.81 bits per heavy atom. The Kier molecular flexibility index (Phi) is 4.46. The average Bonchev–Trinajstić information content (AvgIpc) is 2.76. The van der Waals surface area contributed by atoms with Crippen LogP contribution in [-0.2, 0) is 6.42 Å². The Balaban J connectivity index is 2.79. The zero-order valence-electron chi connectivity index (χ0n) is 11.2. The minimum absolute atomic E-state index is 0.0782. The van der Waals surface area contributed by atoms with Gasteiger partial charge in [0.25, 0.3) is 5.69 Å². The van der Waals surface area contributed by atoms with Crippen molar-refractivity contribution < 1.29 is 4.92 Å². The van der Waals surface area contributed by atoms with E-state index in [4.69, 9.17) is 22.6 Å². The second-order valence-corrected chi connectivity index (χ2v) is 5.83. The molecule has 1 heterocycles. The molecular weight excluding hydrogens is 310 g/mol. The van der Waals surface area contributed by atoms with Crippen LogP contribution < -0.4 is 5.73 Å². The fraction of sp³-hybridized carbons (Fsp3) is 0.214. The van der Waals surface area contributed by atoms with Crippen LogP contribution in [0.25, 0.3) is 10.4 Å². The van der Waals surface area contributed by atoms with E-state index in [1.54, 1.807) is 6.07 Å². The van der Waals surface area contributed by atoms with Gasteiger partial charge in [-0.25, -0.2) is 0 Å². The topological polar surface area (TPSA) is 93.0 Å². The fourth-order valence-electron chi connectivity index (χ4n) is 2.15. The molecule has 1 aromatic heterocycles. The van der Waals surface area contributed by atoms with Gasteiger partial charge in [0.15, 0.2) is 0 Å². The standard InChI is InChI=1S/C14H12ClN3O2S/c1-2-4-8-13(17)11(7-16)21-14(8)12-9(15)5-3-6-10(12)18(19)20/h3,5-6H,2,4,17H2,1H3. The SMILES string of the molecule is CCCc1c(-c2c(Cl)cccc2[N+](=O)[O-])sc(C#N)c1N. The third-order valence-corrected chi connectivity index (χ3v) is 4.55. The minimum Gasteiger partial charge on any atom is -0.397 e. The lowest BCUT2D eigenvalue weighted by molar-refractivity contribution is -0.384. The molecule has 2 rings (SSSR count). The van der Waals surface area contributed by atoms with E-state index in [-0.39, 0.29) is 10.7 Å². The lowest BCUT2D eigenvalue weighted by Gasteiger charge is -2.07. The number of rotatable bonds is 4. The number of nitrogens with zero attached hydrogens (tertiary/aromatic N) is 2. The van der Waals surface area contributed by atoms with Gasteiger partial charge < -0.3 is 5.73 Å². The number of halogens is 1. The van der Waals surface area contributed by atoms with Crippen LogP contribution in [0.3, 0.4) is 0 Å². The molecule has 0 fully saturated rings. The molecule has 0 aliphatic carbocycles. The van der Waals surface area contributed by atoms with E-state index < -0.39 is 4.92 Å². The highest BCUT2D eigenvalue weighted by atomic mass is 35.5. The Morgan fingerprint density at radius 2 is 2.24 bits per heavy atom. The molecule has 0 radical (unpaired) electrons. The van der Waals surface area contributed by atoms with E-state index in [1.165, 1.54) is 12.1 Å². The van der Waals surface area contributed by atoms with Crippen LogP contribution in [0, 0.1) is 21.4 Å². The summed E-state index contributed by atoms with van der Waals surface area (Å²) in [6.45, 7) is 1.98. The first kappa shape index (κ1) is 15.3. The highest BCUT2D eigenvalue weighted by Gasteiger charge is 2.25. The van der Waals surface area contributed by atoms with Gasteiger partial charge in [0.2, 0.25) is 0 Å². The molecule has 0 atom stereocenters. The van der Waals surface area contributed by atoms with Gasteiger partial charge in [-0.3, -0.25) is 10.1 Å². The number of nitrogens with two attached hydrogens (primary N) is 1. The molecule has 0 bridgehead atoms. The van der Waals surface area contributed by atoms with Crippen molar-refractivity contribution in [1.82, 2.24) is 0 Å². The summed E-state index contributed by atoms with van der Waals surface area (Å²) < 4.78 is 0. The Morgan fingerprint density at radius 1 is 1.52 bits per heavy atom. The molecule has 7 heteroatoms. The van der Waals surface area contributed by atoms with E-state index in [0.29, 0.717) is 27.4 Å². The second kappa shape index (κ2) is 6.12. The Hall–Kier alpha value is -2.10. The number of anilines is 1. The van der Waals surface area contributed by atoms with Gasteiger partial charge in [0.05, 0.1) is 21.2 Å². The number of nitro benzene ring substituents is 1. The number of nitriles is 1. The van der Waals surface area contributed by atoms with E-state index in [2.05, 4.69) is 0 Å². The molecule has 0 aliphatic rings. The molecule has 0 aliphatic heterocycles. The normalized spacial score (nSPS) is 10.3.